The van der Waals surface area contributed by atoms with E-state index in [1.165, 1.54) is 6.33 Å². The summed E-state index contributed by atoms with van der Waals surface area (Å²) in [5.74, 6) is 1.45. The molecule has 1 fully saturated rings. The molecule has 7 heteroatoms. The lowest BCUT2D eigenvalue weighted by Crippen LogP contribution is -2.31. The van der Waals surface area contributed by atoms with Crippen molar-refractivity contribution in [1.29, 1.82) is 0 Å². The van der Waals surface area contributed by atoms with Crippen LogP contribution in [0.15, 0.2) is 23.0 Å². The average Bonchev–Trinajstić information content (AvgIpc) is 3.23. The van der Waals surface area contributed by atoms with Gasteiger partial charge in [-0.25, -0.2) is 9.97 Å². The summed E-state index contributed by atoms with van der Waals surface area (Å²) < 4.78 is 5.56. The highest BCUT2D eigenvalue weighted by Crippen LogP contribution is 2.31. The van der Waals surface area contributed by atoms with Crippen LogP contribution in [0.2, 0.25) is 0 Å². The number of rotatable bonds is 5. The Hall–Kier alpha value is -2.31. The van der Waals surface area contributed by atoms with Crippen molar-refractivity contribution in [3.63, 3.8) is 0 Å². The van der Waals surface area contributed by atoms with Crippen molar-refractivity contribution in [3.05, 3.63) is 36.1 Å². The Morgan fingerprint density at radius 1 is 1.43 bits per heavy atom. The zero-order valence-corrected chi connectivity index (χ0v) is 13.5. The van der Waals surface area contributed by atoms with Crippen LogP contribution in [-0.2, 0) is 11.2 Å². The van der Waals surface area contributed by atoms with E-state index in [1.807, 2.05) is 24.8 Å². The molecule has 1 saturated heterocycles. The van der Waals surface area contributed by atoms with E-state index in [1.54, 1.807) is 6.20 Å². The zero-order chi connectivity index (χ0) is 16.2. The van der Waals surface area contributed by atoms with Gasteiger partial charge in [-0.2, -0.15) is 0 Å². The summed E-state index contributed by atoms with van der Waals surface area (Å²) in [6.07, 6.45) is 6.05. The summed E-state index contributed by atoms with van der Waals surface area (Å²) in [7, 11) is 0. The normalized spacial score (nSPS) is 17.9. The van der Waals surface area contributed by atoms with Crippen LogP contribution in [0.3, 0.4) is 0 Å². The summed E-state index contributed by atoms with van der Waals surface area (Å²) >= 11 is 0. The minimum atomic E-state index is 0.0550. The van der Waals surface area contributed by atoms with Gasteiger partial charge in [0.05, 0.1) is 11.7 Å². The van der Waals surface area contributed by atoms with Gasteiger partial charge in [-0.15, -0.1) is 10.2 Å². The van der Waals surface area contributed by atoms with Crippen LogP contribution in [0.1, 0.15) is 62.5 Å². The lowest BCUT2D eigenvalue weighted by Gasteiger charge is -2.24. The van der Waals surface area contributed by atoms with Crippen LogP contribution in [0.5, 0.6) is 0 Å². The van der Waals surface area contributed by atoms with E-state index in [-0.39, 0.29) is 17.9 Å². The predicted octanol–water partition coefficient (Wildman–Crippen LogP) is 2.28. The Kier molecular flexibility index (Phi) is 4.64. The van der Waals surface area contributed by atoms with Crippen molar-refractivity contribution in [1.82, 2.24) is 25.1 Å². The second kappa shape index (κ2) is 6.85. The molecule has 3 heterocycles. The van der Waals surface area contributed by atoms with E-state index < -0.39 is 0 Å². The molecule has 1 aliphatic heterocycles. The number of hydrogen-bond donors (Lipinski definition) is 0. The lowest BCUT2D eigenvalue weighted by molar-refractivity contribution is -0.132. The maximum absolute atomic E-state index is 12.5. The highest BCUT2D eigenvalue weighted by atomic mass is 16.4. The number of carbonyl (C=O) groups excluding carboxylic acids is 1. The van der Waals surface area contributed by atoms with Crippen LogP contribution >= 0.6 is 0 Å². The molecule has 0 bridgehead atoms. The smallest absolute Gasteiger partial charge is 0.223 e. The summed E-state index contributed by atoms with van der Waals surface area (Å²) in [5.41, 5.74) is 0.908. The lowest BCUT2D eigenvalue weighted by atomic mass is 10.1. The average molecular weight is 315 g/mol. The standard InChI is InChI=1S/C16H21N5O2/c1-11(2)16-20-19-14(23-16)5-6-15(22)21-9-3-4-13(21)12-7-8-17-10-18-12/h7-8,10-11,13H,3-6,9H2,1-2H3/t13-/m0/s1. The molecule has 122 valence electrons. The Morgan fingerprint density at radius 3 is 3.00 bits per heavy atom. The maximum atomic E-state index is 12.5. The zero-order valence-electron chi connectivity index (χ0n) is 13.5. The first kappa shape index (κ1) is 15.6. The van der Waals surface area contributed by atoms with Gasteiger partial charge in [-0.3, -0.25) is 4.79 Å². The van der Waals surface area contributed by atoms with Crippen LogP contribution in [0, 0.1) is 0 Å². The van der Waals surface area contributed by atoms with Gasteiger partial charge >= 0.3 is 0 Å². The maximum Gasteiger partial charge on any atom is 0.223 e. The predicted molar refractivity (Wildman–Crippen MR) is 82.4 cm³/mol. The van der Waals surface area contributed by atoms with Crippen molar-refractivity contribution >= 4 is 5.91 Å². The number of amides is 1. The first-order valence-corrected chi connectivity index (χ1v) is 8.03. The van der Waals surface area contributed by atoms with Gasteiger partial charge in [0, 0.05) is 31.5 Å². The number of hydrogen-bond acceptors (Lipinski definition) is 6. The number of likely N-dealkylation sites (tertiary alicyclic amines) is 1. The fraction of sp³-hybridized carbons (Fsp3) is 0.562. The minimum Gasteiger partial charge on any atom is -0.425 e. The molecule has 7 nitrogen and oxygen atoms in total. The first-order valence-electron chi connectivity index (χ1n) is 8.03. The molecule has 23 heavy (non-hydrogen) atoms. The molecule has 0 unspecified atom stereocenters. The van der Waals surface area contributed by atoms with Gasteiger partial charge in [-0.05, 0) is 18.9 Å². The molecule has 3 rings (SSSR count). The van der Waals surface area contributed by atoms with E-state index >= 15 is 0 Å². The summed E-state index contributed by atoms with van der Waals surface area (Å²) in [4.78, 5) is 22.7. The molecule has 0 aromatic carbocycles. The molecular weight excluding hydrogens is 294 g/mol. The molecule has 0 N–H and O–H groups in total. The van der Waals surface area contributed by atoms with Crippen LogP contribution in [0.25, 0.3) is 0 Å². The third-order valence-electron chi connectivity index (χ3n) is 4.05. The van der Waals surface area contributed by atoms with E-state index in [9.17, 15) is 4.79 Å². The first-order chi connectivity index (χ1) is 11.1. The third-order valence-corrected chi connectivity index (χ3v) is 4.05. The molecule has 0 saturated carbocycles. The fourth-order valence-electron chi connectivity index (χ4n) is 2.83. The Morgan fingerprint density at radius 2 is 2.30 bits per heavy atom. The van der Waals surface area contributed by atoms with Crippen LogP contribution in [0.4, 0.5) is 0 Å². The second-order valence-corrected chi connectivity index (χ2v) is 6.07. The van der Waals surface area contributed by atoms with Gasteiger partial charge in [0.2, 0.25) is 17.7 Å². The number of carbonyl (C=O) groups is 1. The van der Waals surface area contributed by atoms with Gasteiger partial charge in [0.25, 0.3) is 0 Å². The molecule has 0 radical (unpaired) electrons. The number of aromatic nitrogens is 4. The fourth-order valence-corrected chi connectivity index (χ4v) is 2.83. The van der Waals surface area contributed by atoms with E-state index in [0.717, 1.165) is 25.1 Å². The van der Waals surface area contributed by atoms with Gasteiger partial charge in [-0.1, -0.05) is 13.8 Å². The van der Waals surface area contributed by atoms with Crippen molar-refractivity contribution in [2.45, 2.75) is 51.5 Å². The van der Waals surface area contributed by atoms with Crippen LogP contribution < -0.4 is 0 Å². The van der Waals surface area contributed by atoms with Crippen molar-refractivity contribution in [2.75, 3.05) is 6.54 Å². The highest BCUT2D eigenvalue weighted by Gasteiger charge is 2.30. The van der Waals surface area contributed by atoms with E-state index in [0.29, 0.717) is 24.6 Å². The molecule has 1 aliphatic rings. The quantitative estimate of drug-likeness (QED) is 0.841. The monoisotopic (exact) mass is 315 g/mol. The van der Waals surface area contributed by atoms with Gasteiger partial charge < -0.3 is 9.32 Å². The highest BCUT2D eigenvalue weighted by molar-refractivity contribution is 5.77. The van der Waals surface area contributed by atoms with Gasteiger partial charge in [0.15, 0.2) is 0 Å². The molecule has 0 aliphatic carbocycles. The summed E-state index contributed by atoms with van der Waals surface area (Å²) in [5, 5.41) is 8.00. The second-order valence-electron chi connectivity index (χ2n) is 6.07. The Balaban J connectivity index is 1.61. The topological polar surface area (TPSA) is 85.0 Å². The van der Waals surface area contributed by atoms with Gasteiger partial charge in [0.1, 0.15) is 6.33 Å². The van der Waals surface area contributed by atoms with Crippen molar-refractivity contribution in [2.24, 2.45) is 0 Å². The third kappa shape index (κ3) is 3.55. The van der Waals surface area contributed by atoms with Crippen molar-refractivity contribution in [3.8, 4) is 0 Å². The minimum absolute atomic E-state index is 0.0550. The molecule has 2 aromatic heterocycles. The van der Waals surface area contributed by atoms with E-state index in [4.69, 9.17) is 4.42 Å². The Labute approximate surface area is 135 Å². The molecule has 0 spiro atoms. The Bertz CT molecular complexity index is 656. The van der Waals surface area contributed by atoms with Crippen LogP contribution in [-0.4, -0.2) is 37.5 Å². The molecule has 1 amide bonds. The number of aryl methyl sites for hydroxylation is 1. The summed E-state index contributed by atoms with van der Waals surface area (Å²) in [6, 6.07) is 1.93. The van der Waals surface area contributed by atoms with Crippen molar-refractivity contribution < 1.29 is 9.21 Å². The summed E-state index contributed by atoms with van der Waals surface area (Å²) in [6.45, 7) is 4.77. The SMILES string of the molecule is CC(C)c1nnc(CCC(=O)N2CCC[C@H]2c2ccncn2)o1. The number of nitrogens with zero attached hydrogens (tertiary/aromatic N) is 5. The molecule has 2 aromatic rings. The largest absolute Gasteiger partial charge is 0.425 e. The molecule has 1 atom stereocenters. The molecular formula is C16H21N5O2. The van der Waals surface area contributed by atoms with E-state index in [2.05, 4.69) is 20.2 Å².